The lowest BCUT2D eigenvalue weighted by Gasteiger charge is -2.14. The molecule has 0 radical (unpaired) electrons. The van der Waals surface area contributed by atoms with Gasteiger partial charge in [-0.05, 0) is 55.1 Å². The molecule has 0 spiro atoms. The standard InChI is InChI=1S/C17H16BrNS/c1-11-7-14(18)10-15(8-11)19-12(2)17-9-13-5-3-4-6-16(13)20-17/h3-10,12,19H,1-2H3. The Morgan fingerprint density at radius 1 is 1.10 bits per heavy atom. The van der Waals surface area contributed by atoms with E-state index < -0.39 is 0 Å². The molecule has 1 atom stereocenters. The molecule has 0 fully saturated rings. The lowest BCUT2D eigenvalue weighted by molar-refractivity contribution is 0.908. The summed E-state index contributed by atoms with van der Waals surface area (Å²) in [5, 5.41) is 4.91. The van der Waals surface area contributed by atoms with Crippen molar-refractivity contribution in [2.24, 2.45) is 0 Å². The Hall–Kier alpha value is -1.32. The Morgan fingerprint density at radius 2 is 1.90 bits per heavy atom. The van der Waals surface area contributed by atoms with Gasteiger partial charge in [0.15, 0.2) is 0 Å². The summed E-state index contributed by atoms with van der Waals surface area (Å²) in [6, 6.07) is 17.5. The molecule has 0 aliphatic rings. The maximum atomic E-state index is 3.58. The average Bonchev–Trinajstić information content (AvgIpc) is 2.81. The highest BCUT2D eigenvalue weighted by atomic mass is 79.9. The van der Waals surface area contributed by atoms with E-state index in [0.29, 0.717) is 6.04 Å². The van der Waals surface area contributed by atoms with Crippen molar-refractivity contribution in [1.29, 1.82) is 0 Å². The van der Waals surface area contributed by atoms with Crippen LogP contribution in [0, 0.1) is 6.92 Å². The van der Waals surface area contributed by atoms with Gasteiger partial charge in [0.1, 0.15) is 0 Å². The van der Waals surface area contributed by atoms with Gasteiger partial charge in [-0.25, -0.2) is 0 Å². The number of nitrogens with one attached hydrogen (secondary N) is 1. The van der Waals surface area contributed by atoms with Gasteiger partial charge < -0.3 is 5.32 Å². The molecule has 1 heterocycles. The first-order chi connectivity index (χ1) is 9.61. The third-order valence-corrected chi connectivity index (χ3v) is 5.05. The molecule has 1 N–H and O–H groups in total. The summed E-state index contributed by atoms with van der Waals surface area (Å²) in [4.78, 5) is 1.36. The van der Waals surface area contributed by atoms with Crippen molar-refractivity contribution in [2.45, 2.75) is 19.9 Å². The molecule has 3 rings (SSSR count). The van der Waals surface area contributed by atoms with Crippen LogP contribution in [0.15, 0.2) is 53.0 Å². The van der Waals surface area contributed by atoms with Crippen molar-refractivity contribution in [2.75, 3.05) is 5.32 Å². The van der Waals surface area contributed by atoms with E-state index in [2.05, 4.69) is 83.6 Å². The van der Waals surface area contributed by atoms with Crippen LogP contribution in [0.3, 0.4) is 0 Å². The van der Waals surface area contributed by atoms with Crippen LogP contribution in [0.5, 0.6) is 0 Å². The first-order valence-electron chi connectivity index (χ1n) is 6.64. The van der Waals surface area contributed by atoms with Crippen LogP contribution in [-0.2, 0) is 0 Å². The van der Waals surface area contributed by atoms with Crippen molar-refractivity contribution >= 4 is 43.0 Å². The van der Waals surface area contributed by atoms with E-state index in [-0.39, 0.29) is 0 Å². The highest BCUT2D eigenvalue weighted by Crippen LogP contribution is 2.32. The van der Waals surface area contributed by atoms with Crippen molar-refractivity contribution in [3.63, 3.8) is 0 Å². The summed E-state index contributed by atoms with van der Waals surface area (Å²) < 4.78 is 2.46. The first-order valence-corrected chi connectivity index (χ1v) is 8.25. The van der Waals surface area contributed by atoms with E-state index in [1.165, 1.54) is 20.5 Å². The number of benzene rings is 2. The third-order valence-electron chi connectivity index (χ3n) is 3.30. The van der Waals surface area contributed by atoms with E-state index >= 15 is 0 Å². The molecule has 102 valence electrons. The van der Waals surface area contributed by atoms with Gasteiger partial charge in [0.05, 0.1) is 6.04 Å². The summed E-state index contributed by atoms with van der Waals surface area (Å²) in [6.45, 7) is 4.32. The van der Waals surface area contributed by atoms with Gasteiger partial charge in [-0.3, -0.25) is 0 Å². The normalized spacial score (nSPS) is 12.6. The summed E-state index contributed by atoms with van der Waals surface area (Å²) in [6.07, 6.45) is 0. The van der Waals surface area contributed by atoms with E-state index in [1.807, 2.05) is 11.3 Å². The van der Waals surface area contributed by atoms with Crippen molar-refractivity contribution in [3.8, 4) is 0 Å². The number of aryl methyl sites for hydroxylation is 1. The molecule has 0 aliphatic heterocycles. The van der Waals surface area contributed by atoms with Crippen molar-refractivity contribution < 1.29 is 0 Å². The fraction of sp³-hybridized carbons (Fsp3) is 0.176. The molecule has 0 saturated heterocycles. The maximum absolute atomic E-state index is 3.58. The zero-order chi connectivity index (χ0) is 14.1. The van der Waals surface area contributed by atoms with E-state index in [4.69, 9.17) is 0 Å². The fourth-order valence-corrected chi connectivity index (χ4v) is 4.03. The van der Waals surface area contributed by atoms with E-state index in [1.54, 1.807) is 0 Å². The molecule has 0 bridgehead atoms. The van der Waals surface area contributed by atoms with Crippen LogP contribution >= 0.6 is 27.3 Å². The largest absolute Gasteiger partial charge is 0.378 e. The minimum Gasteiger partial charge on any atom is -0.378 e. The number of rotatable bonds is 3. The topological polar surface area (TPSA) is 12.0 Å². The van der Waals surface area contributed by atoms with Gasteiger partial charge in [-0.15, -0.1) is 11.3 Å². The number of hydrogen-bond acceptors (Lipinski definition) is 2. The van der Waals surface area contributed by atoms with Crippen LogP contribution in [0.2, 0.25) is 0 Å². The molecule has 2 aromatic carbocycles. The number of fused-ring (bicyclic) bond motifs is 1. The van der Waals surface area contributed by atoms with Gasteiger partial charge in [-0.2, -0.15) is 0 Å². The highest BCUT2D eigenvalue weighted by molar-refractivity contribution is 9.10. The minimum atomic E-state index is 0.307. The summed E-state index contributed by atoms with van der Waals surface area (Å²) in [7, 11) is 0. The zero-order valence-electron chi connectivity index (χ0n) is 11.5. The molecular formula is C17H16BrNS. The Balaban J connectivity index is 1.86. The monoisotopic (exact) mass is 345 g/mol. The predicted molar refractivity (Wildman–Crippen MR) is 92.7 cm³/mol. The Kier molecular flexibility index (Phi) is 3.81. The second kappa shape index (κ2) is 5.58. The molecule has 0 amide bonds. The van der Waals surface area contributed by atoms with Crippen molar-refractivity contribution in [1.82, 2.24) is 0 Å². The predicted octanol–water partition coefficient (Wildman–Crippen LogP) is 6.15. The molecule has 3 aromatic rings. The molecule has 1 aromatic heterocycles. The van der Waals surface area contributed by atoms with Gasteiger partial charge in [0.2, 0.25) is 0 Å². The molecule has 0 aliphatic carbocycles. The molecule has 1 nitrogen and oxygen atoms in total. The number of thiophene rings is 1. The van der Waals surface area contributed by atoms with Gasteiger partial charge >= 0.3 is 0 Å². The SMILES string of the molecule is Cc1cc(Br)cc(NC(C)c2cc3ccccc3s2)c1. The second-order valence-electron chi connectivity index (χ2n) is 5.07. The lowest BCUT2D eigenvalue weighted by atomic mass is 10.2. The first kappa shape index (κ1) is 13.7. The lowest BCUT2D eigenvalue weighted by Crippen LogP contribution is -2.04. The van der Waals surface area contributed by atoms with E-state index in [9.17, 15) is 0 Å². The highest BCUT2D eigenvalue weighted by Gasteiger charge is 2.09. The summed E-state index contributed by atoms with van der Waals surface area (Å²) >= 11 is 5.41. The third kappa shape index (κ3) is 2.89. The molecule has 20 heavy (non-hydrogen) atoms. The number of halogens is 1. The fourth-order valence-electron chi connectivity index (χ4n) is 2.36. The van der Waals surface area contributed by atoms with Gasteiger partial charge in [-0.1, -0.05) is 34.1 Å². The molecular weight excluding hydrogens is 330 g/mol. The number of hydrogen-bond donors (Lipinski definition) is 1. The van der Waals surface area contributed by atoms with Crippen molar-refractivity contribution in [3.05, 3.63) is 63.4 Å². The number of anilines is 1. The Bertz CT molecular complexity index is 694. The van der Waals surface area contributed by atoms with Crippen LogP contribution in [0.1, 0.15) is 23.4 Å². The Morgan fingerprint density at radius 3 is 2.65 bits per heavy atom. The van der Waals surface area contributed by atoms with Crippen LogP contribution in [-0.4, -0.2) is 0 Å². The molecule has 1 unspecified atom stereocenters. The van der Waals surface area contributed by atoms with Gasteiger partial charge in [0.25, 0.3) is 0 Å². The minimum absolute atomic E-state index is 0.307. The van der Waals surface area contributed by atoms with Crippen LogP contribution in [0.25, 0.3) is 10.1 Å². The zero-order valence-corrected chi connectivity index (χ0v) is 13.9. The van der Waals surface area contributed by atoms with Crippen LogP contribution < -0.4 is 5.32 Å². The van der Waals surface area contributed by atoms with Crippen LogP contribution in [0.4, 0.5) is 5.69 Å². The molecule has 3 heteroatoms. The second-order valence-corrected chi connectivity index (χ2v) is 7.10. The average molecular weight is 346 g/mol. The summed E-state index contributed by atoms with van der Waals surface area (Å²) in [5.41, 5.74) is 2.41. The van der Waals surface area contributed by atoms with Gasteiger partial charge in [0, 0.05) is 19.7 Å². The quantitative estimate of drug-likeness (QED) is 0.600. The summed E-state index contributed by atoms with van der Waals surface area (Å²) in [5.74, 6) is 0. The molecule has 0 saturated carbocycles. The Labute approximate surface area is 131 Å². The maximum Gasteiger partial charge on any atom is 0.0578 e. The smallest absolute Gasteiger partial charge is 0.0578 e. The van der Waals surface area contributed by atoms with E-state index in [0.717, 1.165) is 10.2 Å².